The van der Waals surface area contributed by atoms with E-state index in [-0.39, 0.29) is 0 Å². The SMILES string of the molecule is OCC1CCC2C3CCC(C3)C2C1. The van der Waals surface area contributed by atoms with Gasteiger partial charge in [-0.2, -0.15) is 0 Å². The van der Waals surface area contributed by atoms with Crippen molar-refractivity contribution in [1.29, 1.82) is 0 Å². The Morgan fingerprint density at radius 1 is 0.846 bits per heavy atom. The van der Waals surface area contributed by atoms with Gasteiger partial charge in [-0.1, -0.05) is 0 Å². The molecule has 0 spiro atoms. The molecule has 3 fully saturated rings. The third-order valence-electron chi connectivity index (χ3n) is 5.05. The molecule has 0 aliphatic heterocycles. The number of hydrogen-bond donors (Lipinski definition) is 1. The van der Waals surface area contributed by atoms with E-state index in [0.717, 1.165) is 23.7 Å². The number of hydrogen-bond acceptors (Lipinski definition) is 1. The fourth-order valence-corrected chi connectivity index (χ4v) is 4.44. The summed E-state index contributed by atoms with van der Waals surface area (Å²) in [5.41, 5.74) is 0. The molecule has 3 aliphatic carbocycles. The molecule has 0 saturated heterocycles. The molecular formula is C12H20O. The van der Waals surface area contributed by atoms with Gasteiger partial charge in [0.2, 0.25) is 0 Å². The second kappa shape index (κ2) is 2.98. The van der Waals surface area contributed by atoms with E-state index in [1.165, 1.54) is 38.5 Å². The minimum atomic E-state index is 0.445. The highest BCUT2D eigenvalue weighted by Gasteiger charge is 2.49. The summed E-state index contributed by atoms with van der Waals surface area (Å²) >= 11 is 0. The molecule has 74 valence electrons. The molecule has 0 aromatic heterocycles. The van der Waals surface area contributed by atoms with Gasteiger partial charge < -0.3 is 5.11 Å². The van der Waals surface area contributed by atoms with Gasteiger partial charge in [0.15, 0.2) is 0 Å². The summed E-state index contributed by atoms with van der Waals surface area (Å²) in [5.74, 6) is 4.89. The molecule has 1 N–H and O–H groups in total. The molecule has 3 saturated carbocycles. The molecule has 0 heterocycles. The fourth-order valence-electron chi connectivity index (χ4n) is 4.44. The average molecular weight is 180 g/mol. The molecule has 1 heteroatoms. The normalized spacial score (nSPS) is 53.8. The smallest absolute Gasteiger partial charge is 0.0459 e. The lowest BCUT2D eigenvalue weighted by Gasteiger charge is -2.38. The molecule has 3 aliphatic rings. The van der Waals surface area contributed by atoms with Crippen molar-refractivity contribution in [3.63, 3.8) is 0 Å². The van der Waals surface area contributed by atoms with Crippen LogP contribution in [0.2, 0.25) is 0 Å². The third kappa shape index (κ3) is 1.16. The Bertz CT molecular complexity index is 201. The lowest BCUT2D eigenvalue weighted by Crippen LogP contribution is -2.30. The number of aliphatic hydroxyl groups is 1. The second-order valence-corrected chi connectivity index (χ2v) is 5.52. The number of aliphatic hydroxyl groups excluding tert-OH is 1. The molecular weight excluding hydrogens is 160 g/mol. The monoisotopic (exact) mass is 180 g/mol. The highest BCUT2D eigenvalue weighted by Crippen LogP contribution is 2.58. The van der Waals surface area contributed by atoms with Gasteiger partial charge in [0.05, 0.1) is 0 Å². The molecule has 0 radical (unpaired) electrons. The zero-order valence-electron chi connectivity index (χ0n) is 8.28. The molecule has 13 heavy (non-hydrogen) atoms. The van der Waals surface area contributed by atoms with Gasteiger partial charge >= 0.3 is 0 Å². The third-order valence-corrected chi connectivity index (χ3v) is 5.05. The van der Waals surface area contributed by atoms with Gasteiger partial charge in [-0.05, 0) is 68.1 Å². The Balaban J connectivity index is 1.74. The molecule has 3 rings (SSSR count). The maximum atomic E-state index is 9.18. The van der Waals surface area contributed by atoms with Crippen LogP contribution in [-0.2, 0) is 0 Å². The van der Waals surface area contributed by atoms with Crippen LogP contribution in [0.3, 0.4) is 0 Å². The Morgan fingerprint density at radius 3 is 2.38 bits per heavy atom. The van der Waals surface area contributed by atoms with E-state index in [0.29, 0.717) is 12.5 Å². The molecule has 1 nitrogen and oxygen atoms in total. The van der Waals surface area contributed by atoms with Crippen molar-refractivity contribution >= 4 is 0 Å². The van der Waals surface area contributed by atoms with Crippen molar-refractivity contribution in [2.24, 2.45) is 29.6 Å². The maximum Gasteiger partial charge on any atom is 0.0459 e. The lowest BCUT2D eigenvalue weighted by atomic mass is 9.68. The summed E-state index contributed by atoms with van der Waals surface area (Å²) in [6.07, 6.45) is 8.65. The van der Waals surface area contributed by atoms with Crippen molar-refractivity contribution in [2.45, 2.75) is 38.5 Å². The molecule has 0 aromatic rings. The van der Waals surface area contributed by atoms with E-state index in [1.807, 2.05) is 0 Å². The summed E-state index contributed by atoms with van der Waals surface area (Å²) in [6.45, 7) is 0.445. The van der Waals surface area contributed by atoms with Crippen LogP contribution in [-0.4, -0.2) is 11.7 Å². The van der Waals surface area contributed by atoms with Gasteiger partial charge in [-0.15, -0.1) is 0 Å². The summed E-state index contributed by atoms with van der Waals surface area (Å²) in [6, 6.07) is 0. The van der Waals surface area contributed by atoms with Crippen molar-refractivity contribution < 1.29 is 5.11 Å². The summed E-state index contributed by atoms with van der Waals surface area (Å²) in [5, 5.41) is 9.18. The van der Waals surface area contributed by atoms with E-state index in [1.54, 1.807) is 0 Å². The largest absolute Gasteiger partial charge is 0.396 e. The predicted molar refractivity (Wildman–Crippen MR) is 52.2 cm³/mol. The fraction of sp³-hybridized carbons (Fsp3) is 1.00. The Morgan fingerprint density at radius 2 is 1.62 bits per heavy atom. The minimum Gasteiger partial charge on any atom is -0.396 e. The maximum absolute atomic E-state index is 9.18. The molecule has 2 bridgehead atoms. The first-order chi connectivity index (χ1) is 6.38. The number of rotatable bonds is 1. The quantitative estimate of drug-likeness (QED) is 0.657. The molecule has 0 aromatic carbocycles. The first kappa shape index (κ1) is 8.28. The van der Waals surface area contributed by atoms with Crippen LogP contribution < -0.4 is 0 Å². The Kier molecular flexibility index (Phi) is 1.90. The Hall–Kier alpha value is -0.0400. The van der Waals surface area contributed by atoms with Crippen molar-refractivity contribution in [3.05, 3.63) is 0 Å². The molecule has 5 unspecified atom stereocenters. The standard InChI is InChI=1S/C12H20O/c13-7-8-1-4-11-9-2-3-10(6-9)12(11)5-8/h8-13H,1-7H2. The highest BCUT2D eigenvalue weighted by atomic mass is 16.3. The minimum absolute atomic E-state index is 0.445. The topological polar surface area (TPSA) is 20.2 Å². The Labute approximate surface area is 80.5 Å². The average Bonchev–Trinajstić information content (AvgIpc) is 2.77. The zero-order chi connectivity index (χ0) is 8.84. The van der Waals surface area contributed by atoms with E-state index < -0.39 is 0 Å². The van der Waals surface area contributed by atoms with E-state index in [2.05, 4.69) is 0 Å². The lowest BCUT2D eigenvalue weighted by molar-refractivity contribution is 0.0853. The summed E-state index contributed by atoms with van der Waals surface area (Å²) in [7, 11) is 0. The second-order valence-electron chi connectivity index (χ2n) is 5.52. The molecule has 0 amide bonds. The van der Waals surface area contributed by atoms with Crippen LogP contribution in [0.5, 0.6) is 0 Å². The predicted octanol–water partition coefficient (Wildman–Crippen LogP) is 2.44. The first-order valence-electron chi connectivity index (χ1n) is 5.99. The van der Waals surface area contributed by atoms with Gasteiger partial charge in [-0.3, -0.25) is 0 Å². The molecule has 5 atom stereocenters. The van der Waals surface area contributed by atoms with E-state index in [9.17, 15) is 5.11 Å². The van der Waals surface area contributed by atoms with Gasteiger partial charge in [0.25, 0.3) is 0 Å². The van der Waals surface area contributed by atoms with Crippen LogP contribution in [0.4, 0.5) is 0 Å². The van der Waals surface area contributed by atoms with Gasteiger partial charge in [-0.25, -0.2) is 0 Å². The van der Waals surface area contributed by atoms with Gasteiger partial charge in [0.1, 0.15) is 0 Å². The van der Waals surface area contributed by atoms with Crippen molar-refractivity contribution in [1.82, 2.24) is 0 Å². The van der Waals surface area contributed by atoms with Crippen LogP contribution in [0.1, 0.15) is 38.5 Å². The number of fused-ring (bicyclic) bond motifs is 5. The first-order valence-corrected chi connectivity index (χ1v) is 5.99. The van der Waals surface area contributed by atoms with Crippen LogP contribution >= 0.6 is 0 Å². The van der Waals surface area contributed by atoms with Crippen molar-refractivity contribution in [3.8, 4) is 0 Å². The van der Waals surface area contributed by atoms with Crippen LogP contribution in [0.25, 0.3) is 0 Å². The zero-order valence-corrected chi connectivity index (χ0v) is 8.28. The summed E-state index contributed by atoms with van der Waals surface area (Å²) < 4.78 is 0. The van der Waals surface area contributed by atoms with E-state index >= 15 is 0 Å². The van der Waals surface area contributed by atoms with E-state index in [4.69, 9.17) is 0 Å². The van der Waals surface area contributed by atoms with Crippen LogP contribution in [0.15, 0.2) is 0 Å². The van der Waals surface area contributed by atoms with Crippen LogP contribution in [0, 0.1) is 29.6 Å². The van der Waals surface area contributed by atoms with Gasteiger partial charge in [0, 0.05) is 6.61 Å². The van der Waals surface area contributed by atoms with Crippen molar-refractivity contribution in [2.75, 3.05) is 6.61 Å². The highest BCUT2D eigenvalue weighted by molar-refractivity contribution is 4.99. The summed E-state index contributed by atoms with van der Waals surface area (Å²) in [4.78, 5) is 0.